The van der Waals surface area contributed by atoms with Crippen molar-refractivity contribution >= 4 is 37.8 Å². The molecule has 94 valence electrons. The van der Waals surface area contributed by atoms with Gasteiger partial charge in [0, 0.05) is 17.1 Å². The van der Waals surface area contributed by atoms with Crippen molar-refractivity contribution in [3.63, 3.8) is 0 Å². The fourth-order valence-electron chi connectivity index (χ4n) is 1.43. The zero-order valence-electron chi connectivity index (χ0n) is 9.74. The molecule has 1 N–H and O–H groups in total. The van der Waals surface area contributed by atoms with E-state index in [1.165, 1.54) is 7.11 Å². The largest absolute Gasteiger partial charge is 0.468 e. The Kier molecular flexibility index (Phi) is 6.16. The van der Waals surface area contributed by atoms with Crippen molar-refractivity contribution in [2.24, 2.45) is 0 Å². The highest BCUT2D eigenvalue weighted by Gasteiger charge is 2.16. The number of ether oxygens (including phenoxy) is 1. The van der Waals surface area contributed by atoms with Crippen LogP contribution in [0.25, 0.3) is 0 Å². The minimum absolute atomic E-state index is 0.162. The third kappa shape index (κ3) is 4.41. The second-order valence-corrected chi connectivity index (χ2v) is 5.60. The molecule has 3 nitrogen and oxygen atoms in total. The van der Waals surface area contributed by atoms with E-state index in [4.69, 9.17) is 0 Å². The molecule has 1 aromatic rings. The smallest absolute Gasteiger partial charge is 0.320 e. The molecule has 0 bridgehead atoms. The molecule has 5 heteroatoms. The second-order valence-electron chi connectivity index (χ2n) is 3.64. The predicted octanol–water partition coefficient (Wildman–Crippen LogP) is 3.04. The predicted molar refractivity (Wildman–Crippen MR) is 75.3 cm³/mol. The molecule has 0 aliphatic carbocycles. The molecule has 0 spiro atoms. The van der Waals surface area contributed by atoms with Crippen LogP contribution in [0.4, 0.5) is 0 Å². The summed E-state index contributed by atoms with van der Waals surface area (Å²) in [5, 5.41) is 3.28. The number of rotatable bonds is 5. The lowest BCUT2D eigenvalue weighted by molar-refractivity contribution is -0.139. The summed E-state index contributed by atoms with van der Waals surface area (Å²) in [6.45, 7) is 2.58. The average Bonchev–Trinajstić information content (AvgIpc) is 2.35. The number of carbonyl (C=O) groups excluding carboxylic acids is 1. The van der Waals surface area contributed by atoms with Crippen LogP contribution >= 0.6 is 31.9 Å². The van der Waals surface area contributed by atoms with Crippen LogP contribution in [0.5, 0.6) is 0 Å². The van der Waals surface area contributed by atoms with Crippen LogP contribution in [0, 0.1) is 0 Å². The van der Waals surface area contributed by atoms with E-state index in [0.29, 0.717) is 6.54 Å². The summed E-state index contributed by atoms with van der Waals surface area (Å²) in [6.07, 6.45) is 0. The quantitative estimate of drug-likeness (QED) is 0.644. The molecule has 1 unspecified atom stereocenters. The van der Waals surface area contributed by atoms with Gasteiger partial charge in [0.05, 0.1) is 7.11 Å². The zero-order chi connectivity index (χ0) is 12.8. The first kappa shape index (κ1) is 14.7. The average molecular weight is 365 g/mol. The Morgan fingerprint density at radius 3 is 2.71 bits per heavy atom. The van der Waals surface area contributed by atoms with E-state index in [9.17, 15) is 4.79 Å². The highest BCUT2D eigenvalue weighted by molar-refractivity contribution is 9.10. The van der Waals surface area contributed by atoms with Crippen LogP contribution in [0.15, 0.2) is 28.7 Å². The number of hydrogen-bond donors (Lipinski definition) is 1. The van der Waals surface area contributed by atoms with Crippen molar-refractivity contribution in [2.45, 2.75) is 17.8 Å². The Hall–Kier alpha value is -0.390. The Bertz CT molecular complexity index is 385. The first-order valence-corrected chi connectivity index (χ1v) is 6.96. The summed E-state index contributed by atoms with van der Waals surface area (Å²) in [4.78, 5) is 10.9. The topological polar surface area (TPSA) is 38.3 Å². The van der Waals surface area contributed by atoms with Gasteiger partial charge in [-0.1, -0.05) is 50.1 Å². The molecule has 0 radical (unpaired) electrons. The first-order valence-electron chi connectivity index (χ1n) is 5.26. The van der Waals surface area contributed by atoms with Gasteiger partial charge < -0.3 is 10.1 Å². The van der Waals surface area contributed by atoms with E-state index in [0.717, 1.165) is 10.0 Å². The number of carbonyl (C=O) groups is 1. The molecule has 0 saturated carbocycles. The fraction of sp³-hybridized carbons (Fsp3) is 0.417. The highest BCUT2D eigenvalue weighted by atomic mass is 79.9. The van der Waals surface area contributed by atoms with Crippen molar-refractivity contribution in [1.29, 1.82) is 0 Å². The molecule has 17 heavy (non-hydrogen) atoms. The Morgan fingerprint density at radius 1 is 1.47 bits per heavy atom. The number of nitrogens with one attached hydrogen (secondary N) is 1. The van der Waals surface area contributed by atoms with Gasteiger partial charge in [0.25, 0.3) is 0 Å². The standard InChI is InChI=1S/C12H15Br2NO2/c1-8(9-5-3-4-6-10(9)13)15-7-11(14)12(16)17-2/h3-6,8,11,15H,7H2,1-2H3/t8-,11?/m1/s1. The normalized spacial score (nSPS) is 14.1. The lowest BCUT2D eigenvalue weighted by atomic mass is 10.1. The molecule has 1 rings (SSSR count). The van der Waals surface area contributed by atoms with Crippen LogP contribution < -0.4 is 5.32 Å². The molecule has 2 atom stereocenters. The van der Waals surface area contributed by atoms with Gasteiger partial charge in [-0.15, -0.1) is 0 Å². The van der Waals surface area contributed by atoms with Crippen molar-refractivity contribution < 1.29 is 9.53 Å². The number of esters is 1. The molecule has 0 amide bonds. The Labute approximate surface area is 118 Å². The van der Waals surface area contributed by atoms with Crippen LogP contribution in [-0.2, 0) is 9.53 Å². The van der Waals surface area contributed by atoms with Gasteiger partial charge in [-0.2, -0.15) is 0 Å². The molecular formula is C12H15Br2NO2. The van der Waals surface area contributed by atoms with E-state index in [1.807, 2.05) is 24.3 Å². The van der Waals surface area contributed by atoms with Crippen molar-refractivity contribution in [3.8, 4) is 0 Å². The maximum Gasteiger partial charge on any atom is 0.320 e. The van der Waals surface area contributed by atoms with Gasteiger partial charge >= 0.3 is 5.97 Å². The maximum absolute atomic E-state index is 11.2. The molecule has 0 fully saturated rings. The second kappa shape index (κ2) is 7.13. The lowest BCUT2D eigenvalue weighted by Crippen LogP contribution is -2.31. The summed E-state index contributed by atoms with van der Waals surface area (Å²) in [5.74, 6) is -0.267. The van der Waals surface area contributed by atoms with Gasteiger partial charge in [-0.25, -0.2) is 0 Å². The number of benzene rings is 1. The number of methoxy groups -OCH3 is 1. The van der Waals surface area contributed by atoms with E-state index in [1.54, 1.807) is 0 Å². The minimum Gasteiger partial charge on any atom is -0.468 e. The zero-order valence-corrected chi connectivity index (χ0v) is 12.9. The summed E-state index contributed by atoms with van der Waals surface area (Å²) < 4.78 is 5.70. The van der Waals surface area contributed by atoms with Gasteiger partial charge in [-0.3, -0.25) is 4.79 Å². The Balaban J connectivity index is 2.53. The first-order chi connectivity index (χ1) is 8.06. The van der Waals surface area contributed by atoms with Gasteiger partial charge in [0.2, 0.25) is 0 Å². The molecule has 0 aliphatic heterocycles. The number of hydrogen-bond acceptors (Lipinski definition) is 3. The Morgan fingerprint density at radius 2 is 2.12 bits per heavy atom. The third-order valence-electron chi connectivity index (χ3n) is 2.43. The molecule has 0 heterocycles. The summed E-state index contributed by atoms with van der Waals surface area (Å²) >= 11 is 6.78. The van der Waals surface area contributed by atoms with Crippen LogP contribution in [-0.4, -0.2) is 24.5 Å². The molecule has 0 aliphatic rings. The lowest BCUT2D eigenvalue weighted by Gasteiger charge is -2.17. The summed E-state index contributed by atoms with van der Waals surface area (Å²) in [5.41, 5.74) is 1.16. The summed E-state index contributed by atoms with van der Waals surface area (Å²) in [7, 11) is 1.38. The van der Waals surface area contributed by atoms with Gasteiger partial charge in [-0.05, 0) is 18.6 Å². The number of alkyl halides is 1. The van der Waals surface area contributed by atoms with Crippen LogP contribution in [0.2, 0.25) is 0 Å². The van der Waals surface area contributed by atoms with E-state index >= 15 is 0 Å². The van der Waals surface area contributed by atoms with E-state index in [-0.39, 0.29) is 16.8 Å². The minimum atomic E-state index is -0.322. The third-order valence-corrected chi connectivity index (χ3v) is 3.85. The van der Waals surface area contributed by atoms with Crippen LogP contribution in [0.3, 0.4) is 0 Å². The monoisotopic (exact) mass is 363 g/mol. The SMILES string of the molecule is COC(=O)C(Br)CN[C@H](C)c1ccccc1Br. The van der Waals surface area contributed by atoms with E-state index in [2.05, 4.69) is 48.8 Å². The highest BCUT2D eigenvalue weighted by Crippen LogP contribution is 2.22. The van der Waals surface area contributed by atoms with Crippen molar-refractivity contribution in [1.82, 2.24) is 5.32 Å². The van der Waals surface area contributed by atoms with Crippen molar-refractivity contribution in [3.05, 3.63) is 34.3 Å². The van der Waals surface area contributed by atoms with Gasteiger partial charge in [0.1, 0.15) is 4.83 Å². The molecular weight excluding hydrogens is 350 g/mol. The molecule has 0 aromatic heterocycles. The fourth-order valence-corrected chi connectivity index (χ4v) is 2.43. The van der Waals surface area contributed by atoms with E-state index < -0.39 is 0 Å². The summed E-state index contributed by atoms with van der Waals surface area (Å²) in [6, 6.07) is 8.17. The molecule has 0 saturated heterocycles. The van der Waals surface area contributed by atoms with Crippen LogP contribution in [0.1, 0.15) is 18.5 Å². The maximum atomic E-state index is 11.2. The van der Waals surface area contributed by atoms with Gasteiger partial charge in [0.15, 0.2) is 0 Å². The molecule has 1 aromatic carbocycles. The number of halogens is 2. The van der Waals surface area contributed by atoms with Crippen molar-refractivity contribution in [2.75, 3.05) is 13.7 Å².